The lowest BCUT2D eigenvalue weighted by molar-refractivity contribution is -0.119. The molecule has 0 amide bonds. The van der Waals surface area contributed by atoms with Gasteiger partial charge in [0, 0.05) is 24.8 Å². The van der Waals surface area contributed by atoms with Crippen molar-refractivity contribution in [3.8, 4) is 0 Å². The van der Waals surface area contributed by atoms with Gasteiger partial charge in [0.05, 0.1) is 0 Å². The van der Waals surface area contributed by atoms with Crippen molar-refractivity contribution in [1.29, 1.82) is 0 Å². The number of nitrogens with zero attached hydrogens (tertiary/aromatic N) is 1. The summed E-state index contributed by atoms with van der Waals surface area (Å²) in [5.41, 5.74) is 2.65. The highest BCUT2D eigenvalue weighted by atomic mass is 19.4. The monoisotopic (exact) mass is 302 g/mol. The highest BCUT2D eigenvalue weighted by molar-refractivity contribution is 5.54. The van der Waals surface area contributed by atoms with Crippen LogP contribution in [0.4, 0.5) is 18.9 Å². The van der Waals surface area contributed by atoms with Crippen LogP contribution >= 0.6 is 0 Å². The molecule has 2 nitrogen and oxygen atoms in total. The van der Waals surface area contributed by atoms with Crippen molar-refractivity contribution in [2.75, 3.05) is 18.0 Å². The van der Waals surface area contributed by atoms with Crippen molar-refractivity contribution in [2.24, 2.45) is 0 Å². The molecule has 1 aromatic carbocycles. The van der Waals surface area contributed by atoms with Gasteiger partial charge >= 0.3 is 6.18 Å². The molecule has 0 fully saturated rings. The smallest absolute Gasteiger partial charge is 0.362 e. The number of hydrogen-bond acceptors (Lipinski definition) is 2. The zero-order valence-electron chi connectivity index (χ0n) is 13.2. The number of alkyl halides is 3. The molecule has 0 spiro atoms. The summed E-state index contributed by atoms with van der Waals surface area (Å²) in [6.45, 7) is 8.12. The summed E-state index contributed by atoms with van der Waals surface area (Å²) in [6.07, 6.45) is -3.49. The van der Waals surface area contributed by atoms with Gasteiger partial charge in [0.1, 0.15) is 6.54 Å². The summed E-state index contributed by atoms with van der Waals surface area (Å²) < 4.78 is 38.1. The first kappa shape index (κ1) is 17.8. The Morgan fingerprint density at radius 2 is 1.90 bits per heavy atom. The van der Waals surface area contributed by atoms with Crippen molar-refractivity contribution >= 4 is 5.69 Å². The Balaban J connectivity index is 2.89. The zero-order chi connectivity index (χ0) is 16.0. The summed E-state index contributed by atoms with van der Waals surface area (Å²) in [6, 6.07) is 6.04. The quantitative estimate of drug-likeness (QED) is 0.809. The lowest BCUT2D eigenvalue weighted by Gasteiger charge is -2.27. The third-order valence-corrected chi connectivity index (χ3v) is 3.18. The van der Waals surface area contributed by atoms with Gasteiger partial charge in [-0.25, -0.2) is 0 Å². The van der Waals surface area contributed by atoms with Crippen molar-refractivity contribution in [3.05, 3.63) is 29.3 Å². The van der Waals surface area contributed by atoms with Gasteiger partial charge in [0.15, 0.2) is 0 Å². The second-order valence-corrected chi connectivity index (χ2v) is 5.69. The summed E-state index contributed by atoms with van der Waals surface area (Å²) in [5.74, 6) is 0. The van der Waals surface area contributed by atoms with Crippen LogP contribution in [0.15, 0.2) is 18.2 Å². The molecule has 0 aliphatic rings. The lowest BCUT2D eigenvalue weighted by atomic mass is 10.1. The Hall–Kier alpha value is -1.23. The fraction of sp³-hybridized carbons (Fsp3) is 0.625. The van der Waals surface area contributed by atoms with E-state index >= 15 is 0 Å². The van der Waals surface area contributed by atoms with E-state index in [2.05, 4.69) is 19.2 Å². The van der Waals surface area contributed by atoms with Gasteiger partial charge in [-0.1, -0.05) is 32.9 Å². The molecule has 1 aromatic rings. The van der Waals surface area contributed by atoms with Gasteiger partial charge in [-0.05, 0) is 30.5 Å². The van der Waals surface area contributed by atoms with Gasteiger partial charge in [-0.15, -0.1) is 0 Å². The average Bonchev–Trinajstić information content (AvgIpc) is 2.34. The largest absolute Gasteiger partial charge is 0.405 e. The predicted octanol–water partition coefficient (Wildman–Crippen LogP) is 4.27. The number of anilines is 1. The topological polar surface area (TPSA) is 15.3 Å². The Bertz CT molecular complexity index is 442. The molecule has 0 bridgehead atoms. The Morgan fingerprint density at radius 3 is 2.38 bits per heavy atom. The minimum Gasteiger partial charge on any atom is -0.362 e. The van der Waals surface area contributed by atoms with Crippen molar-refractivity contribution in [1.82, 2.24) is 5.32 Å². The second-order valence-electron chi connectivity index (χ2n) is 5.69. The summed E-state index contributed by atoms with van der Waals surface area (Å²) in [5, 5.41) is 3.31. The Morgan fingerprint density at radius 1 is 1.24 bits per heavy atom. The van der Waals surface area contributed by atoms with Crippen LogP contribution in [0.2, 0.25) is 0 Å². The first-order valence-corrected chi connectivity index (χ1v) is 7.37. The molecule has 1 rings (SSSR count). The zero-order valence-corrected chi connectivity index (χ0v) is 13.2. The summed E-state index contributed by atoms with van der Waals surface area (Å²) in [4.78, 5) is 1.41. The second kappa shape index (κ2) is 7.69. The van der Waals surface area contributed by atoms with E-state index in [1.54, 1.807) is 6.07 Å². The standard InChI is InChI=1S/C16H25F3N2/c1-5-8-21(11-16(17,18)19)15-7-6-14(9-13(15)4)10-20-12(2)3/h6-7,9,12,20H,5,8,10-11H2,1-4H3. The fourth-order valence-electron chi connectivity index (χ4n) is 2.28. The maximum Gasteiger partial charge on any atom is 0.405 e. The van der Waals surface area contributed by atoms with Crippen LogP contribution in [0, 0.1) is 6.92 Å². The molecular formula is C16H25F3N2. The van der Waals surface area contributed by atoms with Gasteiger partial charge in [-0.2, -0.15) is 13.2 Å². The molecule has 0 radical (unpaired) electrons. The van der Waals surface area contributed by atoms with Crippen LogP contribution in [0.25, 0.3) is 0 Å². The number of nitrogens with one attached hydrogen (secondary N) is 1. The Labute approximate surface area is 125 Å². The Kier molecular flexibility index (Phi) is 6.52. The molecule has 0 aliphatic carbocycles. The molecule has 0 atom stereocenters. The van der Waals surface area contributed by atoms with E-state index in [9.17, 15) is 13.2 Å². The molecule has 0 saturated heterocycles. The maximum atomic E-state index is 12.7. The van der Waals surface area contributed by atoms with Crippen LogP contribution in [0.3, 0.4) is 0 Å². The molecule has 0 saturated carbocycles. The van der Waals surface area contributed by atoms with Crippen LogP contribution in [0.5, 0.6) is 0 Å². The van der Waals surface area contributed by atoms with E-state index < -0.39 is 12.7 Å². The predicted molar refractivity (Wildman–Crippen MR) is 81.7 cm³/mol. The number of benzene rings is 1. The normalized spacial score (nSPS) is 12.0. The minimum absolute atomic E-state index is 0.381. The molecule has 0 aromatic heterocycles. The number of hydrogen-bond donors (Lipinski definition) is 1. The van der Waals surface area contributed by atoms with Crippen molar-refractivity contribution in [2.45, 2.75) is 52.9 Å². The number of rotatable bonds is 7. The molecule has 0 aliphatic heterocycles. The third-order valence-electron chi connectivity index (χ3n) is 3.18. The van der Waals surface area contributed by atoms with Gasteiger partial charge in [-0.3, -0.25) is 0 Å². The van der Waals surface area contributed by atoms with E-state index in [4.69, 9.17) is 0 Å². The van der Waals surface area contributed by atoms with Crippen molar-refractivity contribution in [3.63, 3.8) is 0 Å². The third kappa shape index (κ3) is 6.38. The highest BCUT2D eigenvalue weighted by Gasteiger charge is 2.31. The van der Waals surface area contributed by atoms with Crippen LogP contribution < -0.4 is 10.2 Å². The number of halogens is 3. The first-order chi connectivity index (χ1) is 9.73. The molecular weight excluding hydrogens is 277 g/mol. The van der Waals surface area contributed by atoms with Gasteiger partial charge in [0.2, 0.25) is 0 Å². The summed E-state index contributed by atoms with van der Waals surface area (Å²) in [7, 11) is 0. The molecule has 0 unspecified atom stereocenters. The van der Waals surface area contributed by atoms with Crippen LogP contribution in [0.1, 0.15) is 38.3 Å². The van der Waals surface area contributed by atoms with E-state index in [0.717, 1.165) is 17.7 Å². The number of aryl methyl sites for hydroxylation is 1. The first-order valence-electron chi connectivity index (χ1n) is 7.37. The fourth-order valence-corrected chi connectivity index (χ4v) is 2.28. The maximum absolute atomic E-state index is 12.7. The molecule has 0 heterocycles. The van der Waals surface area contributed by atoms with Crippen LogP contribution in [-0.2, 0) is 6.54 Å². The van der Waals surface area contributed by atoms with E-state index in [0.29, 0.717) is 24.7 Å². The van der Waals surface area contributed by atoms with E-state index in [1.807, 2.05) is 26.0 Å². The molecule has 21 heavy (non-hydrogen) atoms. The SMILES string of the molecule is CCCN(CC(F)(F)F)c1ccc(CNC(C)C)cc1C. The lowest BCUT2D eigenvalue weighted by Crippen LogP contribution is -2.35. The van der Waals surface area contributed by atoms with Gasteiger partial charge < -0.3 is 10.2 Å². The van der Waals surface area contributed by atoms with Crippen molar-refractivity contribution < 1.29 is 13.2 Å². The molecule has 120 valence electrons. The van der Waals surface area contributed by atoms with Crippen LogP contribution in [-0.4, -0.2) is 25.3 Å². The highest BCUT2D eigenvalue weighted by Crippen LogP contribution is 2.26. The molecule has 5 heteroatoms. The minimum atomic E-state index is -4.18. The molecule has 1 N–H and O–H groups in total. The average molecular weight is 302 g/mol. The van der Waals surface area contributed by atoms with E-state index in [-0.39, 0.29) is 0 Å². The summed E-state index contributed by atoms with van der Waals surface area (Å²) >= 11 is 0. The van der Waals surface area contributed by atoms with E-state index in [1.165, 1.54) is 4.90 Å². The van der Waals surface area contributed by atoms with Gasteiger partial charge in [0.25, 0.3) is 0 Å².